The Bertz CT molecular complexity index is 472. The average Bonchev–Trinajstić information content (AvgIpc) is 2.28. The number of fused-ring (bicyclic) bond motifs is 1. The molecule has 1 N–H and O–H groups in total. The van der Waals surface area contributed by atoms with Crippen molar-refractivity contribution in [1.29, 1.82) is 0 Å². The summed E-state index contributed by atoms with van der Waals surface area (Å²) in [5, 5.41) is 8.90. The molecule has 1 heterocycles. The molecule has 5 heteroatoms. The molecule has 0 aromatic carbocycles. The summed E-state index contributed by atoms with van der Waals surface area (Å²) in [6.07, 6.45) is 4.20. The third kappa shape index (κ3) is 1.44. The van der Waals surface area contributed by atoms with Gasteiger partial charge in [-0.15, -0.1) is 0 Å². The van der Waals surface area contributed by atoms with Crippen LogP contribution in [0.25, 0.3) is 6.08 Å². The van der Waals surface area contributed by atoms with Crippen LogP contribution in [0.15, 0.2) is 18.3 Å². The van der Waals surface area contributed by atoms with Crippen LogP contribution in [0.3, 0.4) is 0 Å². The van der Waals surface area contributed by atoms with E-state index in [0.717, 1.165) is 0 Å². The minimum atomic E-state index is -2.39. The number of carbonyl (C=O) groups is 1. The quantitative estimate of drug-likeness (QED) is 0.829. The molecule has 2 rings (SSSR count). The van der Waals surface area contributed by atoms with Gasteiger partial charge in [0.1, 0.15) is 0 Å². The zero-order valence-corrected chi connectivity index (χ0v) is 8.61. The van der Waals surface area contributed by atoms with Crippen molar-refractivity contribution in [2.75, 3.05) is 7.11 Å². The number of methoxy groups -OCH3 is 1. The van der Waals surface area contributed by atoms with Gasteiger partial charge in [0.15, 0.2) is 0 Å². The molecule has 0 saturated heterocycles. The van der Waals surface area contributed by atoms with Gasteiger partial charge < -0.3 is 9.84 Å². The predicted octanol–water partition coefficient (Wildman–Crippen LogP) is 1.76. The standard InChI is InChI=1S/C11H10FNO3/c1-16-9-5-7-3-2-4-11(12,10(14)15)8(7)6-13-9/h2-3,5-6H,4H2,1H3,(H,14,15). The van der Waals surface area contributed by atoms with Crippen LogP contribution >= 0.6 is 0 Å². The van der Waals surface area contributed by atoms with Crippen LogP contribution in [0.1, 0.15) is 17.5 Å². The summed E-state index contributed by atoms with van der Waals surface area (Å²) in [6, 6.07) is 1.52. The summed E-state index contributed by atoms with van der Waals surface area (Å²) >= 11 is 0. The molecule has 1 aromatic rings. The van der Waals surface area contributed by atoms with Crippen LogP contribution in [0, 0.1) is 0 Å². The molecule has 0 bridgehead atoms. The number of nitrogens with zero attached hydrogens (tertiary/aromatic N) is 1. The highest BCUT2D eigenvalue weighted by molar-refractivity contribution is 5.83. The number of rotatable bonds is 2. The van der Waals surface area contributed by atoms with Crippen LogP contribution in [0.2, 0.25) is 0 Å². The lowest BCUT2D eigenvalue weighted by Gasteiger charge is -2.24. The molecule has 1 aromatic heterocycles. The van der Waals surface area contributed by atoms with Gasteiger partial charge in [0, 0.05) is 24.2 Å². The van der Waals surface area contributed by atoms with E-state index >= 15 is 0 Å². The number of aromatic nitrogens is 1. The molecule has 1 atom stereocenters. The van der Waals surface area contributed by atoms with Gasteiger partial charge in [-0.2, -0.15) is 0 Å². The molecule has 0 radical (unpaired) electrons. The molecule has 0 amide bonds. The maximum atomic E-state index is 14.2. The molecule has 84 valence electrons. The van der Waals surface area contributed by atoms with E-state index in [1.54, 1.807) is 6.08 Å². The summed E-state index contributed by atoms with van der Waals surface area (Å²) in [7, 11) is 1.45. The summed E-state index contributed by atoms with van der Waals surface area (Å²) in [6.45, 7) is 0. The van der Waals surface area contributed by atoms with E-state index in [1.165, 1.54) is 25.4 Å². The van der Waals surface area contributed by atoms with Crippen molar-refractivity contribution in [3.05, 3.63) is 29.5 Å². The summed E-state index contributed by atoms with van der Waals surface area (Å²) in [5.74, 6) is -1.16. The number of hydrogen-bond acceptors (Lipinski definition) is 3. The minimum absolute atomic E-state index is 0.0725. The molecule has 0 spiro atoms. The van der Waals surface area contributed by atoms with Crippen LogP contribution in [-0.2, 0) is 10.5 Å². The summed E-state index contributed by atoms with van der Waals surface area (Å²) in [4.78, 5) is 14.8. The fraction of sp³-hybridized carbons (Fsp3) is 0.273. The molecule has 0 aliphatic heterocycles. The van der Waals surface area contributed by atoms with Gasteiger partial charge in [0.2, 0.25) is 11.5 Å². The summed E-state index contributed by atoms with van der Waals surface area (Å²) < 4.78 is 19.1. The topological polar surface area (TPSA) is 59.4 Å². The van der Waals surface area contributed by atoms with E-state index in [4.69, 9.17) is 9.84 Å². The first kappa shape index (κ1) is 10.6. The molecule has 1 aliphatic rings. The number of alkyl halides is 1. The summed E-state index contributed by atoms with van der Waals surface area (Å²) in [5.41, 5.74) is -1.82. The predicted molar refractivity (Wildman–Crippen MR) is 54.9 cm³/mol. The Morgan fingerprint density at radius 1 is 1.69 bits per heavy atom. The highest BCUT2D eigenvalue weighted by atomic mass is 19.1. The fourth-order valence-electron chi connectivity index (χ4n) is 1.69. The van der Waals surface area contributed by atoms with E-state index in [9.17, 15) is 9.18 Å². The van der Waals surface area contributed by atoms with Crippen LogP contribution < -0.4 is 4.74 Å². The van der Waals surface area contributed by atoms with E-state index in [2.05, 4.69) is 4.98 Å². The van der Waals surface area contributed by atoms with Gasteiger partial charge in [-0.05, 0) is 5.56 Å². The zero-order chi connectivity index (χ0) is 11.8. The lowest BCUT2D eigenvalue weighted by Crippen LogP contribution is -2.32. The zero-order valence-electron chi connectivity index (χ0n) is 8.61. The Kier molecular flexibility index (Phi) is 2.38. The molecule has 16 heavy (non-hydrogen) atoms. The van der Waals surface area contributed by atoms with Gasteiger partial charge in [0.25, 0.3) is 0 Å². The van der Waals surface area contributed by atoms with Crippen molar-refractivity contribution in [3.8, 4) is 5.88 Å². The third-order valence-corrected chi connectivity index (χ3v) is 2.58. The van der Waals surface area contributed by atoms with Crippen molar-refractivity contribution >= 4 is 12.0 Å². The van der Waals surface area contributed by atoms with Crippen molar-refractivity contribution in [2.45, 2.75) is 12.1 Å². The fourth-order valence-corrected chi connectivity index (χ4v) is 1.69. The van der Waals surface area contributed by atoms with Crippen molar-refractivity contribution in [2.24, 2.45) is 0 Å². The number of halogens is 1. The second-order valence-corrected chi connectivity index (χ2v) is 3.53. The number of carboxylic acid groups (broad SMARTS) is 1. The van der Waals surface area contributed by atoms with Gasteiger partial charge in [-0.25, -0.2) is 14.2 Å². The van der Waals surface area contributed by atoms with E-state index in [0.29, 0.717) is 11.4 Å². The Balaban J connectivity index is 2.57. The second-order valence-electron chi connectivity index (χ2n) is 3.53. The minimum Gasteiger partial charge on any atom is -0.481 e. The van der Waals surface area contributed by atoms with Gasteiger partial charge in [-0.1, -0.05) is 12.2 Å². The monoisotopic (exact) mass is 223 g/mol. The number of hydrogen-bond donors (Lipinski definition) is 1. The maximum Gasteiger partial charge on any atom is 0.346 e. The van der Waals surface area contributed by atoms with E-state index < -0.39 is 11.6 Å². The number of carboxylic acids is 1. The van der Waals surface area contributed by atoms with E-state index in [1.807, 2.05) is 0 Å². The lowest BCUT2D eigenvalue weighted by atomic mass is 9.86. The Hall–Kier alpha value is -1.91. The van der Waals surface area contributed by atoms with Gasteiger partial charge in [0.05, 0.1) is 7.11 Å². The Labute approximate surface area is 91.4 Å². The van der Waals surface area contributed by atoms with Crippen LogP contribution in [-0.4, -0.2) is 23.2 Å². The second kappa shape index (κ2) is 3.59. The largest absolute Gasteiger partial charge is 0.481 e. The normalized spacial score (nSPS) is 22.6. The number of allylic oxidation sites excluding steroid dienone is 1. The maximum absolute atomic E-state index is 14.2. The van der Waals surface area contributed by atoms with Crippen molar-refractivity contribution < 1.29 is 19.0 Å². The van der Waals surface area contributed by atoms with E-state index in [-0.39, 0.29) is 12.0 Å². The third-order valence-electron chi connectivity index (χ3n) is 2.58. The number of aliphatic carboxylic acids is 1. The first-order chi connectivity index (χ1) is 7.58. The first-order valence-corrected chi connectivity index (χ1v) is 4.71. The molecule has 4 nitrogen and oxygen atoms in total. The Morgan fingerprint density at radius 3 is 3.06 bits per heavy atom. The SMILES string of the molecule is COc1cc2c(cn1)C(F)(C(=O)O)CC=C2. The number of ether oxygens (including phenoxy) is 1. The average molecular weight is 223 g/mol. The lowest BCUT2D eigenvalue weighted by molar-refractivity contribution is -0.151. The molecule has 0 fully saturated rings. The molecule has 1 unspecified atom stereocenters. The van der Waals surface area contributed by atoms with Crippen molar-refractivity contribution in [1.82, 2.24) is 4.98 Å². The molecule has 1 aliphatic carbocycles. The van der Waals surface area contributed by atoms with Crippen LogP contribution in [0.4, 0.5) is 4.39 Å². The molecular formula is C11H10FNO3. The Morgan fingerprint density at radius 2 is 2.44 bits per heavy atom. The van der Waals surface area contributed by atoms with Crippen LogP contribution in [0.5, 0.6) is 5.88 Å². The molecule has 0 saturated carbocycles. The first-order valence-electron chi connectivity index (χ1n) is 4.71. The highest BCUT2D eigenvalue weighted by Crippen LogP contribution is 2.37. The van der Waals surface area contributed by atoms with Gasteiger partial charge in [-0.3, -0.25) is 0 Å². The smallest absolute Gasteiger partial charge is 0.346 e. The highest BCUT2D eigenvalue weighted by Gasteiger charge is 2.43. The molecular weight excluding hydrogens is 213 g/mol. The number of pyridine rings is 1. The van der Waals surface area contributed by atoms with Gasteiger partial charge >= 0.3 is 5.97 Å². The van der Waals surface area contributed by atoms with Crippen molar-refractivity contribution in [3.63, 3.8) is 0 Å².